The average molecular weight is 427 g/mol. The van der Waals surface area contributed by atoms with Crippen LogP contribution in [0, 0.1) is 0 Å². The van der Waals surface area contributed by atoms with Crippen molar-refractivity contribution in [2.75, 3.05) is 11.5 Å². The Morgan fingerprint density at radius 3 is 1.37 bits per heavy atom. The van der Waals surface area contributed by atoms with E-state index in [9.17, 15) is 0 Å². The summed E-state index contributed by atoms with van der Waals surface area (Å²) in [5.74, 6) is 1.71. The number of benzene rings is 3. The van der Waals surface area contributed by atoms with E-state index in [1.54, 1.807) is 23.5 Å². The Morgan fingerprint density at radius 2 is 0.933 bits per heavy atom. The van der Waals surface area contributed by atoms with E-state index in [0.717, 1.165) is 32.6 Å². The van der Waals surface area contributed by atoms with Crippen molar-refractivity contribution in [3.05, 3.63) is 108 Å². The molecule has 3 aromatic carbocycles. The Hall–Kier alpha value is -2.82. The van der Waals surface area contributed by atoms with Crippen molar-refractivity contribution >= 4 is 46.7 Å². The van der Waals surface area contributed by atoms with Gasteiger partial charge >= 0.3 is 0 Å². The van der Waals surface area contributed by atoms with Gasteiger partial charge < -0.3 is 0 Å². The molecule has 1 aromatic heterocycles. The maximum atomic E-state index is 4.88. The zero-order chi connectivity index (χ0) is 20.4. The second-order valence-corrected chi connectivity index (χ2v) is 8.59. The normalized spacial score (nSPS) is 11.6. The first-order chi connectivity index (χ1) is 14.9. The molecule has 0 radical (unpaired) electrons. The zero-order valence-electron chi connectivity index (χ0n) is 16.5. The molecule has 0 bridgehead atoms. The Morgan fingerprint density at radius 1 is 0.533 bits per heavy atom. The third-order valence-electron chi connectivity index (χ3n) is 4.36. The number of para-hydroxylation sites is 2. The van der Waals surface area contributed by atoms with Crippen LogP contribution in [0.15, 0.2) is 107 Å². The van der Waals surface area contributed by atoms with Crippen molar-refractivity contribution in [3.8, 4) is 0 Å². The van der Waals surface area contributed by atoms with Crippen molar-refractivity contribution in [2.24, 2.45) is 0 Å². The Balaban J connectivity index is 1.46. The number of fused-ring (bicyclic) bond motifs is 1. The van der Waals surface area contributed by atoms with Crippen molar-refractivity contribution in [2.45, 2.75) is 10.1 Å². The number of hydrogen-bond acceptors (Lipinski definition) is 4. The molecule has 0 saturated heterocycles. The van der Waals surface area contributed by atoms with Gasteiger partial charge in [0.1, 0.15) is 10.1 Å². The van der Waals surface area contributed by atoms with E-state index in [1.165, 1.54) is 11.1 Å². The topological polar surface area (TPSA) is 25.8 Å². The van der Waals surface area contributed by atoms with E-state index in [2.05, 4.69) is 72.8 Å². The van der Waals surface area contributed by atoms with Gasteiger partial charge in [0.15, 0.2) is 0 Å². The Bertz CT molecular complexity index is 1050. The fraction of sp³-hybridized carbons (Fsp3) is 0.0769. The fourth-order valence-electron chi connectivity index (χ4n) is 2.91. The van der Waals surface area contributed by atoms with Crippen LogP contribution < -0.4 is 0 Å². The molecule has 2 nitrogen and oxygen atoms in total. The second-order valence-electron chi connectivity index (χ2n) is 6.57. The van der Waals surface area contributed by atoms with Crippen LogP contribution in [0.5, 0.6) is 0 Å². The minimum Gasteiger partial charge on any atom is -0.237 e. The summed E-state index contributed by atoms with van der Waals surface area (Å²) in [6.07, 6.45) is 8.66. The molecule has 0 N–H and O–H groups in total. The van der Waals surface area contributed by atoms with Crippen LogP contribution in [0.2, 0.25) is 0 Å². The first-order valence-electron chi connectivity index (χ1n) is 9.84. The molecule has 4 heteroatoms. The molecule has 4 aromatic rings. The number of thioether (sulfide) groups is 2. The van der Waals surface area contributed by atoms with E-state index >= 15 is 0 Å². The highest BCUT2D eigenvalue weighted by atomic mass is 32.2. The summed E-state index contributed by atoms with van der Waals surface area (Å²) in [4.78, 5) is 9.76. The van der Waals surface area contributed by atoms with Crippen LogP contribution in [0.4, 0.5) is 0 Å². The van der Waals surface area contributed by atoms with Crippen LogP contribution in [-0.2, 0) is 0 Å². The molecule has 0 amide bonds. The maximum Gasteiger partial charge on any atom is 0.129 e. The molecule has 0 fully saturated rings. The summed E-state index contributed by atoms with van der Waals surface area (Å²) in [6.45, 7) is 0. The van der Waals surface area contributed by atoms with Gasteiger partial charge in [0, 0.05) is 11.5 Å². The first kappa shape index (κ1) is 20.5. The van der Waals surface area contributed by atoms with Gasteiger partial charge in [-0.15, -0.1) is 0 Å². The molecular weight excluding hydrogens is 404 g/mol. The highest BCUT2D eigenvalue weighted by Crippen LogP contribution is 2.30. The van der Waals surface area contributed by atoms with Crippen LogP contribution in [-0.4, -0.2) is 21.5 Å². The fourth-order valence-corrected chi connectivity index (χ4v) is 4.62. The number of aromatic nitrogens is 2. The lowest BCUT2D eigenvalue weighted by molar-refractivity contribution is 0.971. The molecule has 0 saturated carbocycles. The number of hydrogen-bond donors (Lipinski definition) is 0. The molecule has 148 valence electrons. The lowest BCUT2D eigenvalue weighted by atomic mass is 10.2. The summed E-state index contributed by atoms with van der Waals surface area (Å²) in [5, 5.41) is 1.98. The largest absolute Gasteiger partial charge is 0.237 e. The number of nitrogens with zero attached hydrogens (tertiary/aromatic N) is 2. The molecule has 0 atom stereocenters. The molecule has 0 aliphatic carbocycles. The number of rotatable bonds is 8. The van der Waals surface area contributed by atoms with Gasteiger partial charge in [0.05, 0.1) is 11.0 Å². The highest BCUT2D eigenvalue weighted by molar-refractivity contribution is 8.02. The third-order valence-corrected chi connectivity index (χ3v) is 6.32. The van der Waals surface area contributed by atoms with E-state index in [1.807, 2.05) is 36.4 Å². The standard InChI is InChI=1S/C26H22N2S2/c1-3-11-21(12-4-1)15-9-19-29-25-26(28-24-18-8-7-17-23(24)27-25)30-20-10-16-22-13-5-2-6-14-22/h1-18H,19-20H2/b15-9+,16-10+. The highest BCUT2D eigenvalue weighted by Gasteiger charge is 2.09. The summed E-state index contributed by atoms with van der Waals surface area (Å²) in [7, 11) is 0. The van der Waals surface area contributed by atoms with Gasteiger partial charge in [-0.25, -0.2) is 9.97 Å². The molecule has 0 spiro atoms. The van der Waals surface area contributed by atoms with Crippen molar-refractivity contribution < 1.29 is 0 Å². The van der Waals surface area contributed by atoms with Crippen LogP contribution >= 0.6 is 23.5 Å². The average Bonchev–Trinajstić information content (AvgIpc) is 2.81. The SMILES string of the molecule is C(=C\c1ccccc1)/CSc1nc2ccccc2nc1SC/C=C/c1ccccc1. The molecule has 30 heavy (non-hydrogen) atoms. The summed E-state index contributed by atoms with van der Waals surface area (Å²) < 4.78 is 0. The lowest BCUT2D eigenvalue weighted by Crippen LogP contribution is -1.93. The summed E-state index contributed by atoms with van der Waals surface area (Å²) in [5.41, 5.74) is 4.30. The summed E-state index contributed by atoms with van der Waals surface area (Å²) in [6, 6.07) is 28.8. The molecule has 0 unspecified atom stereocenters. The van der Waals surface area contributed by atoms with Gasteiger partial charge in [0.25, 0.3) is 0 Å². The molecule has 1 heterocycles. The van der Waals surface area contributed by atoms with Gasteiger partial charge in [-0.2, -0.15) is 0 Å². The minimum absolute atomic E-state index is 0.856. The predicted molar refractivity (Wildman–Crippen MR) is 132 cm³/mol. The molecule has 0 aliphatic heterocycles. The monoisotopic (exact) mass is 426 g/mol. The smallest absolute Gasteiger partial charge is 0.129 e. The predicted octanol–water partition coefficient (Wildman–Crippen LogP) is 7.24. The minimum atomic E-state index is 0.856. The van der Waals surface area contributed by atoms with E-state index in [-0.39, 0.29) is 0 Å². The zero-order valence-corrected chi connectivity index (χ0v) is 18.2. The van der Waals surface area contributed by atoms with E-state index in [4.69, 9.17) is 9.97 Å². The first-order valence-corrected chi connectivity index (χ1v) is 11.8. The van der Waals surface area contributed by atoms with Crippen molar-refractivity contribution in [1.82, 2.24) is 9.97 Å². The van der Waals surface area contributed by atoms with Crippen molar-refractivity contribution in [3.63, 3.8) is 0 Å². The maximum absolute atomic E-state index is 4.88. The van der Waals surface area contributed by atoms with Crippen molar-refractivity contribution in [1.29, 1.82) is 0 Å². The van der Waals surface area contributed by atoms with E-state index in [0.29, 0.717) is 0 Å². The van der Waals surface area contributed by atoms with Gasteiger partial charge in [0.2, 0.25) is 0 Å². The van der Waals surface area contributed by atoms with Crippen LogP contribution in [0.25, 0.3) is 23.2 Å². The van der Waals surface area contributed by atoms with E-state index < -0.39 is 0 Å². The Kier molecular flexibility index (Phi) is 7.37. The Labute approximate surface area is 186 Å². The second kappa shape index (κ2) is 10.8. The summed E-state index contributed by atoms with van der Waals surface area (Å²) >= 11 is 3.46. The third kappa shape index (κ3) is 5.85. The molecule has 4 rings (SSSR count). The lowest BCUT2D eigenvalue weighted by Gasteiger charge is -2.07. The van der Waals surface area contributed by atoms with Gasteiger partial charge in [-0.05, 0) is 23.3 Å². The van der Waals surface area contributed by atoms with Gasteiger partial charge in [-0.1, -0.05) is 121 Å². The van der Waals surface area contributed by atoms with Gasteiger partial charge in [-0.3, -0.25) is 0 Å². The van der Waals surface area contributed by atoms with Crippen LogP contribution in [0.3, 0.4) is 0 Å². The quantitative estimate of drug-likeness (QED) is 0.277. The van der Waals surface area contributed by atoms with Crippen LogP contribution in [0.1, 0.15) is 11.1 Å². The molecule has 0 aliphatic rings. The molecular formula is C26H22N2S2.